The van der Waals surface area contributed by atoms with Crippen LogP contribution in [0.5, 0.6) is 0 Å². The molecule has 3 rings (SSSR count). The fourth-order valence-corrected chi connectivity index (χ4v) is 3.30. The summed E-state index contributed by atoms with van der Waals surface area (Å²) in [7, 11) is 0. The van der Waals surface area contributed by atoms with E-state index in [2.05, 4.69) is 16.5 Å². The number of hydrogen-bond acceptors (Lipinski definition) is 4. The van der Waals surface area contributed by atoms with Crippen LogP contribution in [0.1, 0.15) is 50.1 Å². The highest BCUT2D eigenvalue weighted by Gasteiger charge is 2.32. The molecule has 25 heavy (non-hydrogen) atoms. The van der Waals surface area contributed by atoms with Gasteiger partial charge >= 0.3 is 0 Å². The lowest BCUT2D eigenvalue weighted by Gasteiger charge is -2.31. The average Bonchev–Trinajstić information content (AvgIpc) is 3.10. The lowest BCUT2D eigenvalue weighted by molar-refractivity contribution is -0.127. The van der Waals surface area contributed by atoms with E-state index in [1.54, 1.807) is 17.1 Å². The Balaban J connectivity index is 1.66. The number of carbonyl (C=O) groups excluding carboxylic acids is 1. The first-order valence-electron chi connectivity index (χ1n) is 8.61. The number of nitrogens with one attached hydrogen (secondary N) is 1. The number of para-hydroxylation sites is 1. The van der Waals surface area contributed by atoms with Crippen LogP contribution in [0, 0.1) is 11.3 Å². The van der Waals surface area contributed by atoms with E-state index < -0.39 is 11.6 Å². The van der Waals surface area contributed by atoms with Gasteiger partial charge in [-0.1, -0.05) is 37.5 Å². The van der Waals surface area contributed by atoms with Crippen LogP contribution in [0.2, 0.25) is 0 Å². The van der Waals surface area contributed by atoms with Crippen LogP contribution in [0.4, 0.5) is 0 Å². The molecule has 0 spiro atoms. The molecule has 1 aromatic heterocycles. The molecule has 0 bridgehead atoms. The summed E-state index contributed by atoms with van der Waals surface area (Å²) in [5.74, 6) is -0.302. The minimum Gasteiger partial charge on any atom is -0.389 e. The zero-order valence-corrected chi connectivity index (χ0v) is 14.1. The van der Waals surface area contributed by atoms with E-state index in [1.165, 1.54) is 0 Å². The van der Waals surface area contributed by atoms with Gasteiger partial charge in [-0.2, -0.15) is 10.4 Å². The second-order valence-corrected chi connectivity index (χ2v) is 6.65. The van der Waals surface area contributed by atoms with Crippen molar-refractivity contribution in [3.8, 4) is 11.8 Å². The van der Waals surface area contributed by atoms with Gasteiger partial charge in [-0.25, -0.2) is 4.68 Å². The van der Waals surface area contributed by atoms with E-state index >= 15 is 0 Å². The number of carbonyl (C=O) groups is 1. The Morgan fingerprint density at radius 1 is 1.32 bits per heavy atom. The van der Waals surface area contributed by atoms with Crippen LogP contribution in [0.15, 0.2) is 42.7 Å². The minimum atomic E-state index is -0.934. The molecule has 6 heteroatoms. The summed E-state index contributed by atoms with van der Waals surface area (Å²) in [5, 5.41) is 26.9. The monoisotopic (exact) mass is 338 g/mol. The first kappa shape index (κ1) is 17.2. The SMILES string of the molecule is N#CC(NC(=O)CC1(O)CCCCC1)c1cnn(-c2ccccc2)c1. The Hall–Kier alpha value is -2.65. The van der Waals surface area contributed by atoms with Crippen LogP contribution < -0.4 is 5.32 Å². The number of hydrogen-bond donors (Lipinski definition) is 2. The molecule has 0 radical (unpaired) electrons. The molecule has 1 aliphatic rings. The number of rotatable bonds is 5. The summed E-state index contributed by atoms with van der Waals surface area (Å²) in [6.07, 6.45) is 7.62. The highest BCUT2D eigenvalue weighted by molar-refractivity contribution is 5.78. The molecule has 2 aromatic rings. The molecule has 1 fully saturated rings. The van der Waals surface area contributed by atoms with Gasteiger partial charge in [0.05, 0.1) is 30.0 Å². The van der Waals surface area contributed by atoms with Gasteiger partial charge in [0.1, 0.15) is 6.04 Å². The predicted molar refractivity (Wildman–Crippen MR) is 92.7 cm³/mol. The third-order valence-corrected chi connectivity index (χ3v) is 4.66. The molecular formula is C19H22N4O2. The summed E-state index contributed by atoms with van der Waals surface area (Å²) in [4.78, 5) is 12.3. The van der Waals surface area contributed by atoms with Gasteiger partial charge < -0.3 is 10.4 Å². The largest absolute Gasteiger partial charge is 0.389 e. The molecule has 1 atom stereocenters. The molecule has 130 valence electrons. The average molecular weight is 338 g/mol. The third-order valence-electron chi connectivity index (χ3n) is 4.66. The molecule has 1 unspecified atom stereocenters. The summed E-state index contributed by atoms with van der Waals surface area (Å²) < 4.78 is 1.67. The summed E-state index contributed by atoms with van der Waals surface area (Å²) >= 11 is 0. The second kappa shape index (κ2) is 7.49. The number of nitriles is 1. The first-order valence-corrected chi connectivity index (χ1v) is 8.61. The number of aliphatic hydroxyl groups is 1. The van der Waals surface area contributed by atoms with Crippen molar-refractivity contribution < 1.29 is 9.90 Å². The number of amides is 1. The van der Waals surface area contributed by atoms with Gasteiger partial charge in [-0.05, 0) is 25.0 Å². The topological polar surface area (TPSA) is 90.9 Å². The molecule has 2 N–H and O–H groups in total. The van der Waals surface area contributed by atoms with Crippen molar-refractivity contribution in [1.29, 1.82) is 5.26 Å². The van der Waals surface area contributed by atoms with Gasteiger partial charge in [0.2, 0.25) is 5.91 Å². The second-order valence-electron chi connectivity index (χ2n) is 6.65. The van der Waals surface area contributed by atoms with E-state index in [-0.39, 0.29) is 12.3 Å². The fourth-order valence-electron chi connectivity index (χ4n) is 3.30. The van der Waals surface area contributed by atoms with Crippen molar-refractivity contribution in [1.82, 2.24) is 15.1 Å². The lowest BCUT2D eigenvalue weighted by atomic mass is 9.82. The van der Waals surface area contributed by atoms with Crippen LogP contribution in [0.25, 0.3) is 5.69 Å². The molecule has 1 heterocycles. The summed E-state index contributed by atoms with van der Waals surface area (Å²) in [5.41, 5.74) is 0.569. The highest BCUT2D eigenvalue weighted by Crippen LogP contribution is 2.31. The maximum absolute atomic E-state index is 12.3. The Morgan fingerprint density at radius 3 is 2.72 bits per heavy atom. The number of nitrogens with zero attached hydrogens (tertiary/aromatic N) is 3. The Morgan fingerprint density at radius 2 is 2.04 bits per heavy atom. The van der Waals surface area contributed by atoms with E-state index in [0.717, 1.165) is 24.9 Å². The molecule has 0 aliphatic heterocycles. The minimum absolute atomic E-state index is 0.0397. The van der Waals surface area contributed by atoms with Crippen molar-refractivity contribution in [2.24, 2.45) is 0 Å². The quantitative estimate of drug-likeness (QED) is 0.877. The van der Waals surface area contributed by atoms with Crippen molar-refractivity contribution >= 4 is 5.91 Å². The van der Waals surface area contributed by atoms with Gasteiger partial charge in [0.25, 0.3) is 0 Å². The molecule has 0 saturated heterocycles. The van der Waals surface area contributed by atoms with Crippen molar-refractivity contribution in [3.05, 3.63) is 48.3 Å². The Kier molecular flexibility index (Phi) is 5.15. The van der Waals surface area contributed by atoms with Crippen LogP contribution in [-0.2, 0) is 4.79 Å². The van der Waals surface area contributed by atoms with Gasteiger partial charge in [-0.3, -0.25) is 4.79 Å². The maximum Gasteiger partial charge on any atom is 0.224 e. The van der Waals surface area contributed by atoms with Gasteiger partial charge in [-0.15, -0.1) is 0 Å². The van der Waals surface area contributed by atoms with E-state index in [1.807, 2.05) is 30.3 Å². The molecule has 1 aromatic carbocycles. The number of aromatic nitrogens is 2. The van der Waals surface area contributed by atoms with Crippen molar-refractivity contribution in [3.63, 3.8) is 0 Å². The Labute approximate surface area is 147 Å². The maximum atomic E-state index is 12.3. The fraction of sp³-hybridized carbons (Fsp3) is 0.421. The predicted octanol–water partition coefficient (Wildman–Crippen LogP) is 2.64. The standard InChI is InChI=1S/C19H22N4O2/c20-12-17(22-18(24)11-19(25)9-5-2-6-10-19)15-13-21-23(14-15)16-7-3-1-4-8-16/h1,3-4,7-8,13-14,17,25H,2,5-6,9-11H2,(H,22,24). The normalized spacial score (nSPS) is 17.4. The molecule has 1 saturated carbocycles. The summed E-state index contributed by atoms with van der Waals surface area (Å²) in [6.45, 7) is 0. The first-order chi connectivity index (χ1) is 12.1. The van der Waals surface area contributed by atoms with Crippen LogP contribution >= 0.6 is 0 Å². The zero-order valence-electron chi connectivity index (χ0n) is 14.1. The smallest absolute Gasteiger partial charge is 0.224 e. The Bertz CT molecular complexity index is 757. The lowest BCUT2D eigenvalue weighted by Crippen LogP contribution is -2.39. The van der Waals surface area contributed by atoms with Crippen molar-refractivity contribution in [2.45, 2.75) is 50.2 Å². The summed E-state index contributed by atoms with van der Waals surface area (Å²) in [6, 6.07) is 10.9. The van der Waals surface area contributed by atoms with Gasteiger partial charge in [0, 0.05) is 11.8 Å². The van der Waals surface area contributed by atoms with E-state index in [0.29, 0.717) is 18.4 Å². The van der Waals surface area contributed by atoms with Crippen LogP contribution in [-0.4, -0.2) is 26.4 Å². The number of benzene rings is 1. The molecule has 1 aliphatic carbocycles. The van der Waals surface area contributed by atoms with E-state index in [9.17, 15) is 15.2 Å². The van der Waals surface area contributed by atoms with E-state index in [4.69, 9.17) is 0 Å². The van der Waals surface area contributed by atoms with Crippen LogP contribution in [0.3, 0.4) is 0 Å². The van der Waals surface area contributed by atoms with Gasteiger partial charge in [0.15, 0.2) is 0 Å². The zero-order chi connectivity index (χ0) is 17.7. The highest BCUT2D eigenvalue weighted by atomic mass is 16.3. The van der Waals surface area contributed by atoms with Crippen molar-refractivity contribution in [2.75, 3.05) is 0 Å². The molecule has 1 amide bonds. The third kappa shape index (κ3) is 4.25. The molecule has 6 nitrogen and oxygen atoms in total. The molecular weight excluding hydrogens is 316 g/mol.